The maximum atomic E-state index is 11.8. The average molecular weight is 287 g/mol. The third kappa shape index (κ3) is 3.29. The van der Waals surface area contributed by atoms with Crippen LogP contribution in [-0.4, -0.2) is 27.3 Å². The van der Waals surface area contributed by atoms with Crippen molar-refractivity contribution in [1.29, 1.82) is 0 Å². The molecule has 0 N–H and O–H groups in total. The van der Waals surface area contributed by atoms with Gasteiger partial charge in [-0.1, -0.05) is 13.8 Å². The summed E-state index contributed by atoms with van der Waals surface area (Å²) in [4.78, 5) is 15.9. The van der Waals surface area contributed by atoms with Crippen LogP contribution >= 0.6 is 0 Å². The Balaban J connectivity index is 2.44. The summed E-state index contributed by atoms with van der Waals surface area (Å²) >= 11 is 0. The first-order valence-corrected chi connectivity index (χ1v) is 7.36. The average Bonchev–Trinajstić information content (AvgIpc) is 2.86. The Labute approximate surface area is 125 Å². The first-order chi connectivity index (χ1) is 10.2. The lowest BCUT2D eigenvalue weighted by molar-refractivity contribution is -0.142. The van der Waals surface area contributed by atoms with E-state index >= 15 is 0 Å². The predicted octanol–water partition coefficient (Wildman–Crippen LogP) is 2.50. The Morgan fingerprint density at radius 1 is 1.19 bits per heavy atom. The quantitative estimate of drug-likeness (QED) is 0.766. The second kappa shape index (κ2) is 7.02. The zero-order valence-electron chi connectivity index (χ0n) is 12.8. The van der Waals surface area contributed by atoms with Crippen molar-refractivity contribution in [2.75, 3.05) is 6.61 Å². The minimum atomic E-state index is -0.198. The van der Waals surface area contributed by atoms with Gasteiger partial charge in [-0.25, -0.2) is 4.68 Å². The van der Waals surface area contributed by atoms with Gasteiger partial charge in [0.15, 0.2) is 0 Å². The molecule has 0 unspecified atom stereocenters. The van der Waals surface area contributed by atoms with Crippen LogP contribution in [0.1, 0.15) is 37.7 Å². The lowest BCUT2D eigenvalue weighted by atomic mass is 10.1. The molecule has 2 rings (SSSR count). The maximum absolute atomic E-state index is 11.8. The van der Waals surface area contributed by atoms with Gasteiger partial charge < -0.3 is 4.74 Å². The molecule has 0 saturated carbocycles. The number of nitrogens with zero attached hydrogens (tertiary/aromatic N) is 3. The van der Waals surface area contributed by atoms with Crippen molar-refractivity contribution in [2.45, 2.75) is 40.0 Å². The van der Waals surface area contributed by atoms with E-state index in [2.05, 4.69) is 17.0 Å². The Hall–Kier alpha value is -2.17. The third-order valence-electron chi connectivity index (χ3n) is 3.38. The molecule has 0 spiro atoms. The summed E-state index contributed by atoms with van der Waals surface area (Å²) in [7, 11) is 0. The highest BCUT2D eigenvalue weighted by Gasteiger charge is 2.19. The molecule has 2 heterocycles. The van der Waals surface area contributed by atoms with Gasteiger partial charge in [0, 0.05) is 23.7 Å². The minimum Gasteiger partial charge on any atom is -0.466 e. The van der Waals surface area contributed by atoms with Crippen molar-refractivity contribution >= 4 is 5.97 Å². The highest BCUT2D eigenvalue weighted by Crippen LogP contribution is 2.21. The van der Waals surface area contributed by atoms with Gasteiger partial charge in [0.25, 0.3) is 0 Å². The summed E-state index contributed by atoms with van der Waals surface area (Å²) in [5.74, 6) is -0.198. The number of hydrogen-bond acceptors (Lipinski definition) is 4. The lowest BCUT2D eigenvalue weighted by Gasteiger charge is -2.07. The molecule has 5 nitrogen and oxygen atoms in total. The smallest absolute Gasteiger partial charge is 0.310 e. The number of carbonyl (C=O) groups excluding carboxylic acids is 1. The van der Waals surface area contributed by atoms with Crippen molar-refractivity contribution in [3.8, 4) is 5.69 Å². The van der Waals surface area contributed by atoms with E-state index in [-0.39, 0.29) is 12.4 Å². The molecule has 0 amide bonds. The van der Waals surface area contributed by atoms with Gasteiger partial charge in [0.05, 0.1) is 24.4 Å². The van der Waals surface area contributed by atoms with Crippen LogP contribution in [0.25, 0.3) is 5.69 Å². The molecule has 0 fully saturated rings. The van der Waals surface area contributed by atoms with Gasteiger partial charge in [-0.15, -0.1) is 0 Å². The molecule has 5 heteroatoms. The zero-order valence-corrected chi connectivity index (χ0v) is 12.8. The van der Waals surface area contributed by atoms with Gasteiger partial charge in [-0.3, -0.25) is 9.78 Å². The molecule has 0 aliphatic carbocycles. The number of ether oxygens (including phenoxy) is 1. The number of aryl methyl sites for hydroxylation is 1. The summed E-state index contributed by atoms with van der Waals surface area (Å²) in [6.45, 7) is 6.34. The number of rotatable bonds is 6. The molecule has 0 aromatic carbocycles. The van der Waals surface area contributed by atoms with E-state index in [9.17, 15) is 4.79 Å². The second-order valence-electron chi connectivity index (χ2n) is 4.68. The van der Waals surface area contributed by atoms with Crippen molar-refractivity contribution in [1.82, 2.24) is 14.8 Å². The van der Waals surface area contributed by atoms with Crippen LogP contribution in [0.4, 0.5) is 0 Å². The number of esters is 1. The van der Waals surface area contributed by atoms with Gasteiger partial charge in [-0.05, 0) is 31.9 Å². The van der Waals surface area contributed by atoms with Crippen molar-refractivity contribution in [3.63, 3.8) is 0 Å². The highest BCUT2D eigenvalue weighted by atomic mass is 16.5. The molecule has 0 bridgehead atoms. The Morgan fingerprint density at radius 2 is 1.90 bits per heavy atom. The highest BCUT2D eigenvalue weighted by molar-refractivity contribution is 5.73. The summed E-state index contributed by atoms with van der Waals surface area (Å²) in [5.41, 5.74) is 3.98. The van der Waals surface area contributed by atoms with Crippen LogP contribution < -0.4 is 0 Å². The van der Waals surface area contributed by atoms with Crippen LogP contribution in [0.3, 0.4) is 0 Å². The third-order valence-corrected chi connectivity index (χ3v) is 3.38. The normalized spacial score (nSPS) is 10.6. The first-order valence-electron chi connectivity index (χ1n) is 7.36. The van der Waals surface area contributed by atoms with Crippen LogP contribution in [-0.2, 0) is 28.8 Å². The van der Waals surface area contributed by atoms with Crippen LogP contribution in [0.2, 0.25) is 0 Å². The Bertz CT molecular complexity index is 605. The summed E-state index contributed by atoms with van der Waals surface area (Å²) < 4.78 is 6.99. The van der Waals surface area contributed by atoms with E-state index in [1.165, 1.54) is 0 Å². The van der Waals surface area contributed by atoms with E-state index < -0.39 is 0 Å². The molecule has 2 aromatic heterocycles. The summed E-state index contributed by atoms with van der Waals surface area (Å²) in [5, 5.41) is 4.66. The SMILES string of the molecule is CCOC(=O)Cc1c(CC)nn(-c2ccncc2)c1CC. The minimum absolute atomic E-state index is 0.198. The molecule has 2 aromatic rings. The molecule has 112 valence electrons. The van der Waals surface area contributed by atoms with Crippen molar-refractivity contribution < 1.29 is 9.53 Å². The fourth-order valence-corrected chi connectivity index (χ4v) is 2.44. The second-order valence-corrected chi connectivity index (χ2v) is 4.68. The largest absolute Gasteiger partial charge is 0.466 e. The molecule has 0 saturated heterocycles. The predicted molar refractivity (Wildman–Crippen MR) is 80.5 cm³/mol. The molecule has 0 radical (unpaired) electrons. The monoisotopic (exact) mass is 287 g/mol. The molecular formula is C16H21N3O2. The maximum Gasteiger partial charge on any atom is 0.310 e. The van der Waals surface area contributed by atoms with E-state index in [1.54, 1.807) is 12.4 Å². The zero-order chi connectivity index (χ0) is 15.2. The van der Waals surface area contributed by atoms with E-state index in [0.29, 0.717) is 6.61 Å². The topological polar surface area (TPSA) is 57.0 Å². The Kier molecular flexibility index (Phi) is 5.09. The van der Waals surface area contributed by atoms with Crippen LogP contribution in [0.15, 0.2) is 24.5 Å². The van der Waals surface area contributed by atoms with Crippen molar-refractivity contribution in [3.05, 3.63) is 41.5 Å². The molecule has 0 atom stereocenters. The fraction of sp³-hybridized carbons (Fsp3) is 0.438. The van der Waals surface area contributed by atoms with Crippen molar-refractivity contribution in [2.24, 2.45) is 0 Å². The fourth-order valence-electron chi connectivity index (χ4n) is 2.44. The van der Waals surface area contributed by atoms with Gasteiger partial charge >= 0.3 is 5.97 Å². The van der Waals surface area contributed by atoms with Crippen LogP contribution in [0.5, 0.6) is 0 Å². The number of carbonyl (C=O) groups is 1. The number of hydrogen-bond donors (Lipinski definition) is 0. The van der Waals surface area contributed by atoms with Gasteiger partial charge in [0.1, 0.15) is 0 Å². The number of pyridine rings is 1. The standard InChI is InChI=1S/C16H21N3O2/c1-4-14-13(11-16(20)21-6-3)15(5-2)19(18-14)12-7-9-17-10-8-12/h7-10H,4-6,11H2,1-3H3. The van der Waals surface area contributed by atoms with Gasteiger partial charge in [-0.2, -0.15) is 5.10 Å². The van der Waals surface area contributed by atoms with E-state index in [0.717, 1.165) is 35.5 Å². The molecular weight excluding hydrogens is 266 g/mol. The molecule has 0 aliphatic heterocycles. The first kappa shape index (κ1) is 15.2. The van der Waals surface area contributed by atoms with Gasteiger partial charge in [0.2, 0.25) is 0 Å². The Morgan fingerprint density at radius 3 is 2.48 bits per heavy atom. The van der Waals surface area contributed by atoms with E-state index in [4.69, 9.17) is 4.74 Å². The molecule has 21 heavy (non-hydrogen) atoms. The van der Waals surface area contributed by atoms with Crippen LogP contribution in [0, 0.1) is 0 Å². The lowest BCUT2D eigenvalue weighted by Crippen LogP contribution is -2.10. The summed E-state index contributed by atoms with van der Waals surface area (Å²) in [6, 6.07) is 3.83. The summed E-state index contributed by atoms with van der Waals surface area (Å²) in [6.07, 6.45) is 5.37. The number of aromatic nitrogens is 3. The van der Waals surface area contributed by atoms with E-state index in [1.807, 2.05) is 30.7 Å². The molecule has 0 aliphatic rings.